The summed E-state index contributed by atoms with van der Waals surface area (Å²) in [6.07, 6.45) is 4.81. The summed E-state index contributed by atoms with van der Waals surface area (Å²) in [6, 6.07) is 1.14. The van der Waals surface area contributed by atoms with Gasteiger partial charge in [-0.25, -0.2) is 0 Å². The monoisotopic (exact) mass is 156 g/mol. The number of nitrogens with one attached hydrogen (secondary N) is 2. The van der Waals surface area contributed by atoms with Crippen LogP contribution in [-0.4, -0.2) is 30.0 Å². The highest BCUT2D eigenvalue weighted by Crippen LogP contribution is 2.20. The lowest BCUT2D eigenvalue weighted by molar-refractivity contribution is 0.0654. The van der Waals surface area contributed by atoms with Crippen LogP contribution in [0.4, 0.5) is 0 Å². The molecule has 3 atom stereocenters. The first-order chi connectivity index (χ1) is 5.36. The Kier molecular flexibility index (Phi) is 2.11. The number of aliphatic hydroxyl groups excluding tert-OH is 1. The minimum absolute atomic E-state index is 0.325. The lowest BCUT2D eigenvalue weighted by atomic mass is 9.89. The SMILES string of the molecule is O[C@H]1CN[C@@H]2CCCC[C@H]2N1. The summed E-state index contributed by atoms with van der Waals surface area (Å²) in [6.45, 7) is 0.709. The summed E-state index contributed by atoms with van der Waals surface area (Å²) in [5.74, 6) is 0. The number of aliphatic hydroxyl groups is 1. The van der Waals surface area contributed by atoms with Crippen molar-refractivity contribution in [1.29, 1.82) is 0 Å². The molecule has 1 saturated heterocycles. The molecule has 64 valence electrons. The van der Waals surface area contributed by atoms with Gasteiger partial charge in [0.25, 0.3) is 0 Å². The molecule has 1 heterocycles. The molecule has 3 heteroatoms. The van der Waals surface area contributed by atoms with Crippen molar-refractivity contribution in [3.63, 3.8) is 0 Å². The van der Waals surface area contributed by atoms with Gasteiger partial charge in [-0.2, -0.15) is 0 Å². The number of hydrogen-bond acceptors (Lipinski definition) is 3. The van der Waals surface area contributed by atoms with E-state index >= 15 is 0 Å². The van der Waals surface area contributed by atoms with Crippen molar-refractivity contribution in [2.75, 3.05) is 6.54 Å². The maximum Gasteiger partial charge on any atom is 0.117 e. The zero-order valence-electron chi connectivity index (χ0n) is 6.71. The normalized spacial score (nSPS) is 45.0. The molecule has 2 fully saturated rings. The Morgan fingerprint density at radius 1 is 1.09 bits per heavy atom. The van der Waals surface area contributed by atoms with Crippen molar-refractivity contribution < 1.29 is 5.11 Å². The van der Waals surface area contributed by atoms with E-state index in [1.54, 1.807) is 0 Å². The minimum Gasteiger partial charge on any atom is -0.377 e. The molecule has 0 unspecified atom stereocenters. The molecule has 1 aliphatic heterocycles. The van der Waals surface area contributed by atoms with Crippen molar-refractivity contribution in [3.05, 3.63) is 0 Å². The molecule has 0 spiro atoms. The summed E-state index contributed by atoms with van der Waals surface area (Å²) in [5.41, 5.74) is 0. The summed E-state index contributed by atoms with van der Waals surface area (Å²) in [5, 5.41) is 15.8. The Labute approximate surface area is 67.2 Å². The summed E-state index contributed by atoms with van der Waals surface area (Å²) in [7, 11) is 0. The van der Waals surface area contributed by atoms with Crippen molar-refractivity contribution in [2.24, 2.45) is 0 Å². The predicted octanol–water partition coefficient (Wildman–Crippen LogP) is -0.191. The molecule has 0 aromatic carbocycles. The topological polar surface area (TPSA) is 44.3 Å². The summed E-state index contributed by atoms with van der Waals surface area (Å²) >= 11 is 0. The Bertz CT molecular complexity index is 140. The Morgan fingerprint density at radius 2 is 1.82 bits per heavy atom. The van der Waals surface area contributed by atoms with Gasteiger partial charge in [-0.3, -0.25) is 5.32 Å². The number of rotatable bonds is 0. The zero-order valence-corrected chi connectivity index (χ0v) is 6.71. The van der Waals surface area contributed by atoms with Crippen molar-refractivity contribution in [2.45, 2.75) is 44.0 Å². The van der Waals surface area contributed by atoms with Gasteiger partial charge in [-0.05, 0) is 12.8 Å². The molecule has 0 aromatic rings. The summed E-state index contributed by atoms with van der Waals surface area (Å²) in [4.78, 5) is 0. The van der Waals surface area contributed by atoms with Gasteiger partial charge in [-0.15, -0.1) is 0 Å². The molecule has 0 aromatic heterocycles. The smallest absolute Gasteiger partial charge is 0.117 e. The van der Waals surface area contributed by atoms with Crippen LogP contribution in [0.5, 0.6) is 0 Å². The highest BCUT2D eigenvalue weighted by atomic mass is 16.3. The maximum atomic E-state index is 9.27. The molecule has 1 aliphatic carbocycles. The van der Waals surface area contributed by atoms with E-state index in [0.29, 0.717) is 18.6 Å². The number of hydrogen-bond donors (Lipinski definition) is 3. The fourth-order valence-corrected chi connectivity index (χ4v) is 2.14. The molecular weight excluding hydrogens is 140 g/mol. The molecule has 0 amide bonds. The first kappa shape index (κ1) is 7.53. The zero-order chi connectivity index (χ0) is 7.68. The first-order valence-corrected chi connectivity index (χ1v) is 4.54. The van der Waals surface area contributed by atoms with Crippen LogP contribution in [0.2, 0.25) is 0 Å². The van der Waals surface area contributed by atoms with Gasteiger partial charge in [0.15, 0.2) is 0 Å². The number of fused-ring (bicyclic) bond motifs is 1. The third-order valence-electron chi connectivity index (χ3n) is 2.75. The lowest BCUT2D eigenvalue weighted by Gasteiger charge is -2.39. The standard InChI is InChI=1S/C8H16N2O/c11-8-5-9-6-3-1-2-4-7(6)10-8/h6-11H,1-5H2/t6-,7-,8+/m1/s1. The first-order valence-electron chi connectivity index (χ1n) is 4.54. The fourth-order valence-electron chi connectivity index (χ4n) is 2.14. The van der Waals surface area contributed by atoms with Gasteiger partial charge >= 0.3 is 0 Å². The van der Waals surface area contributed by atoms with E-state index in [1.807, 2.05) is 0 Å². The Balaban J connectivity index is 1.93. The van der Waals surface area contributed by atoms with Crippen LogP contribution in [0.1, 0.15) is 25.7 Å². The molecule has 0 bridgehead atoms. The third-order valence-corrected chi connectivity index (χ3v) is 2.75. The number of β-amino-alcohol motifs (C(OH)–C–C–N with tert-alkyl or cyclic N) is 1. The van der Waals surface area contributed by atoms with Gasteiger partial charge < -0.3 is 10.4 Å². The van der Waals surface area contributed by atoms with Gasteiger partial charge in [0.2, 0.25) is 0 Å². The van der Waals surface area contributed by atoms with E-state index in [0.717, 1.165) is 0 Å². The fraction of sp³-hybridized carbons (Fsp3) is 1.00. The van der Waals surface area contributed by atoms with Crippen molar-refractivity contribution in [3.8, 4) is 0 Å². The largest absolute Gasteiger partial charge is 0.377 e. The second-order valence-electron chi connectivity index (χ2n) is 3.59. The molecule has 2 aliphatic rings. The van der Waals surface area contributed by atoms with Gasteiger partial charge in [0.05, 0.1) is 0 Å². The van der Waals surface area contributed by atoms with Gasteiger partial charge in [0, 0.05) is 18.6 Å². The van der Waals surface area contributed by atoms with E-state index in [1.165, 1.54) is 25.7 Å². The van der Waals surface area contributed by atoms with E-state index in [-0.39, 0.29) is 6.23 Å². The Morgan fingerprint density at radius 3 is 2.64 bits per heavy atom. The van der Waals surface area contributed by atoms with Gasteiger partial charge in [0.1, 0.15) is 6.23 Å². The van der Waals surface area contributed by atoms with Crippen LogP contribution >= 0.6 is 0 Å². The second-order valence-corrected chi connectivity index (χ2v) is 3.59. The number of piperazine rings is 1. The minimum atomic E-state index is -0.325. The molecule has 11 heavy (non-hydrogen) atoms. The molecular formula is C8H16N2O. The maximum absolute atomic E-state index is 9.27. The Hall–Kier alpha value is -0.120. The summed E-state index contributed by atoms with van der Waals surface area (Å²) < 4.78 is 0. The highest BCUT2D eigenvalue weighted by Gasteiger charge is 2.29. The molecule has 2 rings (SSSR count). The van der Waals surface area contributed by atoms with Crippen LogP contribution in [0, 0.1) is 0 Å². The third kappa shape index (κ3) is 1.55. The highest BCUT2D eigenvalue weighted by molar-refractivity contribution is 4.90. The van der Waals surface area contributed by atoms with E-state index < -0.39 is 0 Å². The average Bonchev–Trinajstić information content (AvgIpc) is 2.04. The molecule has 1 saturated carbocycles. The van der Waals surface area contributed by atoms with E-state index in [2.05, 4.69) is 10.6 Å². The van der Waals surface area contributed by atoms with Crippen LogP contribution in [-0.2, 0) is 0 Å². The van der Waals surface area contributed by atoms with E-state index in [4.69, 9.17) is 0 Å². The molecule has 0 radical (unpaired) electrons. The lowest BCUT2D eigenvalue weighted by Crippen LogP contribution is -2.61. The van der Waals surface area contributed by atoms with Crippen LogP contribution in [0.15, 0.2) is 0 Å². The second kappa shape index (κ2) is 3.09. The van der Waals surface area contributed by atoms with Crippen LogP contribution in [0.25, 0.3) is 0 Å². The average molecular weight is 156 g/mol. The van der Waals surface area contributed by atoms with Crippen LogP contribution < -0.4 is 10.6 Å². The van der Waals surface area contributed by atoms with Crippen molar-refractivity contribution >= 4 is 0 Å². The quantitative estimate of drug-likeness (QED) is 0.455. The van der Waals surface area contributed by atoms with E-state index in [9.17, 15) is 5.11 Å². The predicted molar refractivity (Wildman–Crippen MR) is 43.2 cm³/mol. The molecule has 3 nitrogen and oxygen atoms in total. The van der Waals surface area contributed by atoms with Crippen molar-refractivity contribution in [1.82, 2.24) is 10.6 Å². The molecule has 3 N–H and O–H groups in total. The van der Waals surface area contributed by atoms with Gasteiger partial charge in [-0.1, -0.05) is 12.8 Å². The van der Waals surface area contributed by atoms with Crippen LogP contribution in [0.3, 0.4) is 0 Å².